The molecule has 3 aromatic rings. The number of carbonyl (C=O) groups excluding carboxylic acids is 1. The molecular formula is C18H14FNO. The van der Waals surface area contributed by atoms with Crippen molar-refractivity contribution in [2.24, 2.45) is 0 Å². The second-order valence-electron chi connectivity index (χ2n) is 5.12. The molecule has 0 spiro atoms. The second-order valence-corrected chi connectivity index (χ2v) is 5.12. The Morgan fingerprint density at radius 3 is 2.57 bits per heavy atom. The highest BCUT2D eigenvalue weighted by Crippen LogP contribution is 2.22. The summed E-state index contributed by atoms with van der Waals surface area (Å²) in [6, 6.07) is 14.1. The number of benzene rings is 2. The molecule has 104 valence electrons. The van der Waals surface area contributed by atoms with Crippen molar-refractivity contribution in [3.63, 3.8) is 0 Å². The first-order valence-electron chi connectivity index (χ1n) is 6.75. The summed E-state index contributed by atoms with van der Waals surface area (Å²) in [7, 11) is 0. The Kier molecular flexibility index (Phi) is 3.48. The molecule has 2 nitrogen and oxygen atoms in total. The van der Waals surface area contributed by atoms with Crippen LogP contribution in [-0.4, -0.2) is 11.3 Å². The summed E-state index contributed by atoms with van der Waals surface area (Å²) in [5, 5.41) is 0.833. The van der Waals surface area contributed by atoms with Crippen LogP contribution in [0.4, 0.5) is 4.39 Å². The summed E-state index contributed by atoms with van der Waals surface area (Å²) in [5.74, 6) is -0.259. The molecule has 0 fully saturated rings. The normalized spacial score (nSPS) is 10.8. The predicted molar refractivity (Wildman–Crippen MR) is 81.1 cm³/mol. The van der Waals surface area contributed by atoms with Crippen molar-refractivity contribution in [1.29, 1.82) is 0 Å². The highest BCUT2D eigenvalue weighted by molar-refractivity contribution is 5.83. The summed E-state index contributed by atoms with van der Waals surface area (Å²) >= 11 is 0. The maximum Gasteiger partial charge on any atom is 0.150 e. The fourth-order valence-corrected chi connectivity index (χ4v) is 2.50. The minimum absolute atomic E-state index is 0.259. The van der Waals surface area contributed by atoms with Gasteiger partial charge >= 0.3 is 0 Å². The number of hydrogen-bond acceptors (Lipinski definition) is 2. The zero-order valence-electron chi connectivity index (χ0n) is 11.6. The largest absolute Gasteiger partial charge is 0.298 e. The van der Waals surface area contributed by atoms with E-state index in [9.17, 15) is 9.18 Å². The molecule has 0 aliphatic rings. The van der Waals surface area contributed by atoms with Crippen LogP contribution in [0.5, 0.6) is 0 Å². The molecule has 0 unspecified atom stereocenters. The summed E-state index contributed by atoms with van der Waals surface area (Å²) in [5.41, 5.74) is 4.48. The van der Waals surface area contributed by atoms with Gasteiger partial charge in [-0.1, -0.05) is 24.3 Å². The van der Waals surface area contributed by atoms with Gasteiger partial charge in [0.25, 0.3) is 0 Å². The lowest BCUT2D eigenvalue weighted by molar-refractivity contribution is 0.112. The average Bonchev–Trinajstić information content (AvgIpc) is 2.49. The highest BCUT2D eigenvalue weighted by Gasteiger charge is 2.06. The van der Waals surface area contributed by atoms with Crippen LogP contribution in [0.15, 0.2) is 48.5 Å². The third-order valence-corrected chi connectivity index (χ3v) is 3.49. The van der Waals surface area contributed by atoms with Crippen molar-refractivity contribution < 1.29 is 9.18 Å². The van der Waals surface area contributed by atoms with Crippen LogP contribution in [-0.2, 0) is 6.42 Å². The van der Waals surface area contributed by atoms with Crippen molar-refractivity contribution >= 4 is 17.2 Å². The standard InChI is InChI=1S/C18H14FNO/c1-12-8-15(9-13-2-4-14(11-21)5-3-13)17-10-16(19)6-7-18(17)20-12/h2-8,10-11H,9H2,1H3. The number of fused-ring (bicyclic) bond motifs is 1. The minimum atomic E-state index is -0.259. The van der Waals surface area contributed by atoms with Crippen LogP contribution in [0, 0.1) is 12.7 Å². The van der Waals surface area contributed by atoms with Crippen LogP contribution < -0.4 is 0 Å². The maximum atomic E-state index is 13.5. The van der Waals surface area contributed by atoms with E-state index in [4.69, 9.17) is 0 Å². The van der Waals surface area contributed by atoms with Crippen molar-refractivity contribution in [2.45, 2.75) is 13.3 Å². The first-order chi connectivity index (χ1) is 10.2. The van der Waals surface area contributed by atoms with Gasteiger partial charge in [-0.2, -0.15) is 0 Å². The Labute approximate surface area is 122 Å². The Balaban J connectivity index is 2.06. The molecule has 21 heavy (non-hydrogen) atoms. The third-order valence-electron chi connectivity index (χ3n) is 3.49. The number of nitrogens with zero attached hydrogens (tertiary/aromatic N) is 1. The molecule has 0 N–H and O–H groups in total. The van der Waals surface area contributed by atoms with Crippen molar-refractivity contribution in [2.75, 3.05) is 0 Å². The van der Waals surface area contributed by atoms with E-state index in [1.54, 1.807) is 18.2 Å². The summed E-state index contributed by atoms with van der Waals surface area (Å²) < 4.78 is 13.5. The van der Waals surface area contributed by atoms with Crippen LogP contribution in [0.25, 0.3) is 10.9 Å². The van der Waals surface area contributed by atoms with Gasteiger partial charge in [0.05, 0.1) is 5.52 Å². The molecule has 1 heterocycles. The van der Waals surface area contributed by atoms with E-state index < -0.39 is 0 Å². The van der Waals surface area contributed by atoms with E-state index >= 15 is 0 Å². The molecule has 0 bridgehead atoms. The average molecular weight is 279 g/mol. The van der Waals surface area contributed by atoms with Crippen molar-refractivity contribution in [3.05, 3.63) is 76.7 Å². The lowest BCUT2D eigenvalue weighted by Crippen LogP contribution is -1.95. The number of aryl methyl sites for hydroxylation is 1. The van der Waals surface area contributed by atoms with Crippen molar-refractivity contribution in [1.82, 2.24) is 4.98 Å². The quantitative estimate of drug-likeness (QED) is 0.676. The SMILES string of the molecule is Cc1cc(Cc2ccc(C=O)cc2)c2cc(F)ccc2n1. The smallest absolute Gasteiger partial charge is 0.150 e. The van der Waals surface area contributed by atoms with E-state index in [1.165, 1.54) is 12.1 Å². The lowest BCUT2D eigenvalue weighted by atomic mass is 9.99. The molecule has 3 heteroatoms. The van der Waals surface area contributed by atoms with Crippen LogP contribution in [0.3, 0.4) is 0 Å². The number of aldehydes is 1. The molecule has 0 radical (unpaired) electrons. The van der Waals surface area contributed by atoms with Crippen molar-refractivity contribution in [3.8, 4) is 0 Å². The maximum absolute atomic E-state index is 13.5. The lowest BCUT2D eigenvalue weighted by Gasteiger charge is -2.08. The number of hydrogen-bond donors (Lipinski definition) is 0. The van der Waals surface area contributed by atoms with E-state index in [1.807, 2.05) is 25.1 Å². The van der Waals surface area contributed by atoms with E-state index in [0.717, 1.165) is 34.0 Å². The Hall–Kier alpha value is -2.55. The molecular weight excluding hydrogens is 265 g/mol. The number of rotatable bonds is 3. The van der Waals surface area contributed by atoms with E-state index in [-0.39, 0.29) is 5.82 Å². The molecule has 0 saturated carbocycles. The topological polar surface area (TPSA) is 30.0 Å². The molecule has 0 amide bonds. The van der Waals surface area contributed by atoms with Gasteiger partial charge in [-0.05, 0) is 48.7 Å². The van der Waals surface area contributed by atoms with Crippen LogP contribution in [0.1, 0.15) is 27.2 Å². The Bertz CT molecular complexity index is 809. The zero-order chi connectivity index (χ0) is 14.8. The Morgan fingerprint density at radius 1 is 1.10 bits per heavy atom. The fraction of sp³-hybridized carbons (Fsp3) is 0.111. The number of pyridine rings is 1. The summed E-state index contributed by atoms with van der Waals surface area (Å²) in [6.45, 7) is 1.93. The predicted octanol–water partition coefficient (Wildman–Crippen LogP) is 4.09. The molecule has 0 aliphatic heterocycles. The first kappa shape index (κ1) is 13.4. The van der Waals surface area contributed by atoms with Crippen LogP contribution in [0.2, 0.25) is 0 Å². The van der Waals surface area contributed by atoms with Gasteiger partial charge in [-0.15, -0.1) is 0 Å². The van der Waals surface area contributed by atoms with Crippen LogP contribution >= 0.6 is 0 Å². The molecule has 3 rings (SSSR count). The van der Waals surface area contributed by atoms with E-state index in [2.05, 4.69) is 4.98 Å². The molecule has 0 atom stereocenters. The first-order valence-corrected chi connectivity index (χ1v) is 6.75. The third kappa shape index (κ3) is 2.82. The van der Waals surface area contributed by atoms with Gasteiger partial charge in [0.2, 0.25) is 0 Å². The van der Waals surface area contributed by atoms with E-state index in [0.29, 0.717) is 12.0 Å². The summed E-state index contributed by atoms with van der Waals surface area (Å²) in [6.07, 6.45) is 1.51. The van der Waals surface area contributed by atoms with Gasteiger partial charge in [0.15, 0.2) is 0 Å². The zero-order valence-corrected chi connectivity index (χ0v) is 11.6. The summed E-state index contributed by atoms with van der Waals surface area (Å²) in [4.78, 5) is 15.1. The van der Waals surface area contributed by atoms with Gasteiger partial charge in [0.1, 0.15) is 12.1 Å². The van der Waals surface area contributed by atoms with Gasteiger partial charge in [-0.25, -0.2) is 4.39 Å². The molecule has 1 aromatic heterocycles. The number of halogens is 1. The minimum Gasteiger partial charge on any atom is -0.298 e. The molecule has 0 saturated heterocycles. The van der Waals surface area contributed by atoms with Gasteiger partial charge < -0.3 is 0 Å². The number of carbonyl (C=O) groups is 1. The highest BCUT2D eigenvalue weighted by atomic mass is 19.1. The molecule has 0 aliphatic carbocycles. The molecule has 2 aromatic carbocycles. The Morgan fingerprint density at radius 2 is 1.86 bits per heavy atom. The monoisotopic (exact) mass is 279 g/mol. The fourth-order valence-electron chi connectivity index (χ4n) is 2.50. The second kappa shape index (κ2) is 5.44. The van der Waals surface area contributed by atoms with Gasteiger partial charge in [-0.3, -0.25) is 9.78 Å². The van der Waals surface area contributed by atoms with Gasteiger partial charge in [0, 0.05) is 16.6 Å². The number of aromatic nitrogens is 1.